The molecule has 0 heterocycles. The number of phenols is 2. The standard InChI is InChI=1S/C34H27N5O2/c1-21-17-23-19-27(13-15-29(23)33(40)31(21)38-36-25-9-5-3-6-10-25)35-28-14-16-30-24(20-28)18-22(2)32(34(30)41)39-37-26-11-7-4-8-12-26/h3-20,35,40-41H,1-2H3. The van der Waals surface area contributed by atoms with Crippen LogP contribution in [0.4, 0.5) is 34.1 Å². The molecular weight excluding hydrogens is 510 g/mol. The minimum Gasteiger partial charge on any atom is -0.505 e. The van der Waals surface area contributed by atoms with E-state index in [0.29, 0.717) is 22.1 Å². The van der Waals surface area contributed by atoms with Crippen LogP contribution in [0.2, 0.25) is 0 Å². The molecule has 0 radical (unpaired) electrons. The summed E-state index contributed by atoms with van der Waals surface area (Å²) in [6, 6.07) is 34.4. The number of fused-ring (bicyclic) bond motifs is 2. The van der Waals surface area contributed by atoms with Crippen molar-refractivity contribution in [1.29, 1.82) is 0 Å². The Morgan fingerprint density at radius 3 is 1.32 bits per heavy atom. The second-order valence-corrected chi connectivity index (χ2v) is 9.85. The van der Waals surface area contributed by atoms with Crippen molar-refractivity contribution < 1.29 is 10.2 Å². The highest BCUT2D eigenvalue weighted by Crippen LogP contribution is 2.41. The number of nitrogens with zero attached hydrogens (tertiary/aromatic N) is 4. The van der Waals surface area contributed by atoms with E-state index >= 15 is 0 Å². The summed E-state index contributed by atoms with van der Waals surface area (Å²) in [6.07, 6.45) is 0. The summed E-state index contributed by atoms with van der Waals surface area (Å²) < 4.78 is 0. The number of phenolic OH excluding ortho intramolecular Hbond substituents is 2. The van der Waals surface area contributed by atoms with E-state index in [1.807, 2.05) is 123 Å². The van der Waals surface area contributed by atoms with Crippen molar-refractivity contribution in [2.24, 2.45) is 20.5 Å². The highest BCUT2D eigenvalue weighted by atomic mass is 16.3. The molecule has 200 valence electrons. The van der Waals surface area contributed by atoms with Gasteiger partial charge in [-0.3, -0.25) is 0 Å². The topological polar surface area (TPSA) is 102 Å². The van der Waals surface area contributed by atoms with Gasteiger partial charge in [-0.15, -0.1) is 10.2 Å². The predicted molar refractivity (Wildman–Crippen MR) is 165 cm³/mol. The fourth-order valence-electron chi connectivity index (χ4n) is 4.81. The monoisotopic (exact) mass is 537 g/mol. The molecule has 3 N–H and O–H groups in total. The lowest BCUT2D eigenvalue weighted by Gasteiger charge is -2.13. The molecule has 0 amide bonds. The van der Waals surface area contributed by atoms with Gasteiger partial charge in [0.2, 0.25) is 0 Å². The molecule has 0 saturated heterocycles. The molecule has 0 aliphatic rings. The first-order chi connectivity index (χ1) is 20.0. The van der Waals surface area contributed by atoms with Crippen molar-refractivity contribution in [3.8, 4) is 11.5 Å². The van der Waals surface area contributed by atoms with Crippen molar-refractivity contribution in [1.82, 2.24) is 0 Å². The summed E-state index contributed by atoms with van der Waals surface area (Å²) in [5.41, 5.74) is 5.72. The van der Waals surface area contributed by atoms with Crippen LogP contribution in [0.1, 0.15) is 11.1 Å². The Balaban J connectivity index is 1.27. The van der Waals surface area contributed by atoms with Gasteiger partial charge in [0.15, 0.2) is 11.5 Å². The first kappa shape index (κ1) is 25.7. The molecular formula is C34H27N5O2. The maximum Gasteiger partial charge on any atom is 0.151 e. The fraction of sp³-hybridized carbons (Fsp3) is 0.0588. The van der Waals surface area contributed by atoms with Crippen molar-refractivity contribution in [3.05, 3.63) is 120 Å². The number of nitrogens with one attached hydrogen (secondary N) is 1. The summed E-state index contributed by atoms with van der Waals surface area (Å²) in [5, 5.41) is 45.7. The maximum atomic E-state index is 11.0. The van der Waals surface area contributed by atoms with Crippen molar-refractivity contribution in [2.75, 3.05) is 5.32 Å². The lowest BCUT2D eigenvalue weighted by Crippen LogP contribution is -1.91. The number of anilines is 2. The Kier molecular flexibility index (Phi) is 6.83. The molecule has 0 aliphatic heterocycles. The summed E-state index contributed by atoms with van der Waals surface area (Å²) in [6.45, 7) is 3.81. The molecule has 0 aliphatic carbocycles. The molecule has 0 spiro atoms. The third kappa shape index (κ3) is 5.33. The van der Waals surface area contributed by atoms with Gasteiger partial charge in [-0.1, -0.05) is 36.4 Å². The zero-order chi connectivity index (χ0) is 28.3. The molecule has 7 nitrogen and oxygen atoms in total. The summed E-state index contributed by atoms with van der Waals surface area (Å²) >= 11 is 0. The van der Waals surface area contributed by atoms with E-state index in [1.54, 1.807) is 0 Å². The zero-order valence-corrected chi connectivity index (χ0v) is 22.6. The van der Waals surface area contributed by atoms with Crippen LogP contribution in [-0.2, 0) is 0 Å². The molecule has 6 rings (SSSR count). The second kappa shape index (κ2) is 10.9. The number of aromatic hydroxyl groups is 2. The van der Waals surface area contributed by atoms with E-state index in [4.69, 9.17) is 0 Å². The maximum absolute atomic E-state index is 11.0. The van der Waals surface area contributed by atoms with Crippen LogP contribution in [0.15, 0.2) is 130 Å². The van der Waals surface area contributed by atoms with Gasteiger partial charge in [0, 0.05) is 22.1 Å². The Bertz CT molecular complexity index is 1810. The molecule has 0 bridgehead atoms. The second-order valence-electron chi connectivity index (χ2n) is 9.85. The number of benzene rings is 6. The summed E-state index contributed by atoms with van der Waals surface area (Å²) in [4.78, 5) is 0. The van der Waals surface area contributed by atoms with Crippen molar-refractivity contribution >= 4 is 55.7 Å². The molecule has 0 aromatic heterocycles. The molecule has 6 aromatic rings. The third-order valence-corrected chi connectivity index (χ3v) is 6.89. The van der Waals surface area contributed by atoms with E-state index in [0.717, 1.165) is 44.6 Å². The number of aryl methyl sites for hydroxylation is 2. The Morgan fingerprint density at radius 1 is 0.488 bits per heavy atom. The van der Waals surface area contributed by atoms with E-state index in [2.05, 4.69) is 25.8 Å². The zero-order valence-electron chi connectivity index (χ0n) is 22.6. The van der Waals surface area contributed by atoms with Gasteiger partial charge in [-0.05, 0) is 109 Å². The predicted octanol–water partition coefficient (Wildman–Crippen LogP) is 10.6. The summed E-state index contributed by atoms with van der Waals surface area (Å²) in [5.74, 6) is 0.200. The minimum atomic E-state index is 0.100. The quantitative estimate of drug-likeness (QED) is 0.184. The first-order valence-electron chi connectivity index (χ1n) is 13.2. The highest BCUT2D eigenvalue weighted by molar-refractivity contribution is 5.98. The molecule has 0 unspecified atom stereocenters. The van der Waals surface area contributed by atoms with Gasteiger partial charge in [-0.25, -0.2) is 0 Å². The highest BCUT2D eigenvalue weighted by Gasteiger charge is 2.13. The normalized spacial score (nSPS) is 11.7. The van der Waals surface area contributed by atoms with Gasteiger partial charge in [0.25, 0.3) is 0 Å². The number of rotatable bonds is 6. The van der Waals surface area contributed by atoms with Gasteiger partial charge >= 0.3 is 0 Å². The lowest BCUT2D eigenvalue weighted by molar-refractivity contribution is 0.482. The average Bonchev–Trinajstić information content (AvgIpc) is 2.98. The minimum absolute atomic E-state index is 0.100. The van der Waals surface area contributed by atoms with E-state index in [-0.39, 0.29) is 11.5 Å². The fourth-order valence-corrected chi connectivity index (χ4v) is 4.81. The SMILES string of the molecule is Cc1cc2cc(Nc3ccc4c(O)c(N=Nc5ccccc5)c(C)cc4c3)ccc2c(O)c1N=Nc1ccccc1. The Hall–Kier alpha value is -5.56. The van der Waals surface area contributed by atoms with Crippen LogP contribution < -0.4 is 5.32 Å². The molecule has 0 fully saturated rings. The molecule has 0 atom stereocenters. The molecule has 6 aromatic carbocycles. The van der Waals surface area contributed by atoms with Crippen LogP contribution >= 0.6 is 0 Å². The Morgan fingerprint density at radius 2 is 0.902 bits per heavy atom. The van der Waals surface area contributed by atoms with Gasteiger partial charge in [0.1, 0.15) is 11.4 Å². The molecule has 7 heteroatoms. The average molecular weight is 538 g/mol. The van der Waals surface area contributed by atoms with Crippen molar-refractivity contribution in [2.45, 2.75) is 13.8 Å². The molecule has 41 heavy (non-hydrogen) atoms. The number of hydrogen-bond donors (Lipinski definition) is 3. The largest absolute Gasteiger partial charge is 0.505 e. The van der Waals surface area contributed by atoms with Crippen molar-refractivity contribution in [3.63, 3.8) is 0 Å². The van der Waals surface area contributed by atoms with Crippen LogP contribution in [0.5, 0.6) is 11.5 Å². The molecule has 0 saturated carbocycles. The first-order valence-corrected chi connectivity index (χ1v) is 13.2. The summed E-state index contributed by atoms with van der Waals surface area (Å²) in [7, 11) is 0. The van der Waals surface area contributed by atoms with Gasteiger partial charge in [0.05, 0.1) is 11.4 Å². The Labute approximate surface area is 237 Å². The van der Waals surface area contributed by atoms with Crippen LogP contribution in [0.3, 0.4) is 0 Å². The number of azo groups is 2. The van der Waals surface area contributed by atoms with Crippen LogP contribution in [0.25, 0.3) is 21.5 Å². The third-order valence-electron chi connectivity index (χ3n) is 6.89. The van der Waals surface area contributed by atoms with E-state index in [1.165, 1.54) is 0 Å². The lowest BCUT2D eigenvalue weighted by atomic mass is 10.0. The van der Waals surface area contributed by atoms with Gasteiger partial charge < -0.3 is 15.5 Å². The van der Waals surface area contributed by atoms with Crippen LogP contribution in [0, 0.1) is 13.8 Å². The smallest absolute Gasteiger partial charge is 0.151 e. The number of hydrogen-bond acceptors (Lipinski definition) is 7. The van der Waals surface area contributed by atoms with Crippen LogP contribution in [-0.4, -0.2) is 10.2 Å². The van der Waals surface area contributed by atoms with Gasteiger partial charge in [-0.2, -0.15) is 10.2 Å². The van der Waals surface area contributed by atoms with E-state index in [9.17, 15) is 10.2 Å². The van der Waals surface area contributed by atoms with E-state index < -0.39 is 0 Å².